The SMILES string of the molecule is CC1CC(c2ccccc2)=Cc2c1oc1c2CC(C)(n2c3ccccc3c3cc(-c4ccc5oc6ccccc6c5c4)ccc32)C=C1. The van der Waals surface area contributed by atoms with E-state index >= 15 is 0 Å². The molecule has 0 saturated carbocycles. The zero-order valence-electron chi connectivity index (χ0n) is 26.5. The highest BCUT2D eigenvalue weighted by Gasteiger charge is 2.36. The van der Waals surface area contributed by atoms with E-state index < -0.39 is 0 Å². The molecule has 2 aliphatic rings. The number of para-hydroxylation sites is 2. The van der Waals surface area contributed by atoms with Crippen LogP contribution in [0.3, 0.4) is 0 Å². The van der Waals surface area contributed by atoms with Gasteiger partial charge in [-0.15, -0.1) is 0 Å². The smallest absolute Gasteiger partial charge is 0.135 e. The van der Waals surface area contributed by atoms with Crippen molar-refractivity contribution in [3.8, 4) is 11.1 Å². The molecule has 2 aliphatic carbocycles. The molecule has 3 heteroatoms. The van der Waals surface area contributed by atoms with Crippen molar-refractivity contribution < 1.29 is 8.83 Å². The topological polar surface area (TPSA) is 31.2 Å². The molecule has 0 fully saturated rings. The maximum absolute atomic E-state index is 6.58. The van der Waals surface area contributed by atoms with Crippen LogP contribution >= 0.6 is 0 Å². The first-order valence-electron chi connectivity index (χ1n) is 16.6. The van der Waals surface area contributed by atoms with E-state index in [1.165, 1.54) is 55.2 Å². The van der Waals surface area contributed by atoms with Crippen molar-refractivity contribution in [2.45, 2.75) is 38.1 Å². The van der Waals surface area contributed by atoms with Crippen LogP contribution in [-0.2, 0) is 12.0 Å². The van der Waals surface area contributed by atoms with Gasteiger partial charge in [0.1, 0.15) is 22.7 Å². The average molecular weight is 608 g/mol. The van der Waals surface area contributed by atoms with Crippen molar-refractivity contribution >= 4 is 61.5 Å². The largest absolute Gasteiger partial charge is 0.460 e. The maximum Gasteiger partial charge on any atom is 0.135 e. The van der Waals surface area contributed by atoms with Gasteiger partial charge >= 0.3 is 0 Å². The van der Waals surface area contributed by atoms with Crippen LogP contribution in [0.25, 0.3) is 72.6 Å². The van der Waals surface area contributed by atoms with E-state index in [-0.39, 0.29) is 5.54 Å². The number of rotatable bonds is 3. The fourth-order valence-electron chi connectivity index (χ4n) is 8.30. The van der Waals surface area contributed by atoms with E-state index in [9.17, 15) is 0 Å². The van der Waals surface area contributed by atoms with Gasteiger partial charge in [-0.2, -0.15) is 0 Å². The number of hydrogen-bond acceptors (Lipinski definition) is 2. The average Bonchev–Trinajstić information content (AvgIpc) is 3.78. The van der Waals surface area contributed by atoms with Crippen LogP contribution < -0.4 is 0 Å². The first-order chi connectivity index (χ1) is 23.0. The van der Waals surface area contributed by atoms with Crippen LogP contribution in [0.15, 0.2) is 130 Å². The fourth-order valence-corrected chi connectivity index (χ4v) is 8.30. The third kappa shape index (κ3) is 3.93. The molecule has 3 heterocycles. The molecule has 226 valence electrons. The molecule has 0 radical (unpaired) electrons. The van der Waals surface area contributed by atoms with Crippen molar-refractivity contribution in [2.24, 2.45) is 0 Å². The van der Waals surface area contributed by atoms with E-state index in [1.54, 1.807) is 0 Å². The molecule has 47 heavy (non-hydrogen) atoms. The number of nitrogens with zero attached hydrogens (tertiary/aromatic N) is 1. The summed E-state index contributed by atoms with van der Waals surface area (Å²) in [6.07, 6.45) is 8.82. The summed E-state index contributed by atoms with van der Waals surface area (Å²) in [7, 11) is 0. The van der Waals surface area contributed by atoms with Crippen molar-refractivity contribution in [3.63, 3.8) is 0 Å². The third-order valence-corrected chi connectivity index (χ3v) is 10.6. The number of aromatic nitrogens is 1. The minimum absolute atomic E-state index is 0.274. The standard InChI is InChI=1S/C44H33NO2/c1-27-22-31(28-10-4-3-5-11-28)25-36-37-26-44(2,21-20-42(37)47-43(27)36)45-38-14-8-6-12-32(38)34-23-29(16-18-39(34)45)30-17-19-41-35(24-30)33-13-7-9-15-40(33)46-41/h3-21,23-25,27H,22,26H2,1-2H3. The van der Waals surface area contributed by atoms with E-state index in [0.29, 0.717) is 5.92 Å². The second-order valence-corrected chi connectivity index (χ2v) is 13.6. The molecule has 2 atom stereocenters. The Kier molecular flexibility index (Phi) is 5.52. The van der Waals surface area contributed by atoms with Gasteiger partial charge in [-0.25, -0.2) is 0 Å². The van der Waals surface area contributed by atoms with E-state index in [2.05, 4.69) is 140 Å². The number of benzene rings is 5. The second-order valence-electron chi connectivity index (χ2n) is 13.6. The third-order valence-electron chi connectivity index (χ3n) is 10.6. The highest BCUT2D eigenvalue weighted by atomic mass is 16.3. The quantitative estimate of drug-likeness (QED) is 0.200. The molecule has 3 aromatic heterocycles. The van der Waals surface area contributed by atoms with Crippen LogP contribution in [0.4, 0.5) is 0 Å². The predicted molar refractivity (Wildman–Crippen MR) is 195 cm³/mol. The van der Waals surface area contributed by atoms with Gasteiger partial charge in [-0.1, -0.05) is 91.9 Å². The normalized spacial score (nSPS) is 19.0. The van der Waals surface area contributed by atoms with Gasteiger partial charge in [0, 0.05) is 56.0 Å². The summed E-state index contributed by atoms with van der Waals surface area (Å²) in [6, 6.07) is 41.5. The lowest BCUT2D eigenvalue weighted by molar-refractivity contribution is 0.417. The number of fused-ring (bicyclic) bond motifs is 9. The van der Waals surface area contributed by atoms with Gasteiger partial charge in [-0.3, -0.25) is 0 Å². The Labute approximate surface area is 273 Å². The Balaban J connectivity index is 1.11. The van der Waals surface area contributed by atoms with Crippen LogP contribution in [0, 0.1) is 0 Å². The molecule has 2 unspecified atom stereocenters. The molecular formula is C44H33NO2. The zero-order chi connectivity index (χ0) is 31.3. The molecule has 0 aliphatic heterocycles. The minimum Gasteiger partial charge on any atom is -0.460 e. The summed E-state index contributed by atoms with van der Waals surface area (Å²) in [5.74, 6) is 2.47. The van der Waals surface area contributed by atoms with E-state index in [1.807, 2.05) is 12.1 Å². The van der Waals surface area contributed by atoms with Crippen LogP contribution in [0.2, 0.25) is 0 Å². The summed E-state index contributed by atoms with van der Waals surface area (Å²) in [5.41, 5.74) is 11.7. The van der Waals surface area contributed by atoms with Gasteiger partial charge in [0.15, 0.2) is 0 Å². The Bertz CT molecular complexity index is 2610. The number of furan rings is 2. The van der Waals surface area contributed by atoms with Gasteiger partial charge in [0.05, 0.1) is 5.54 Å². The Morgan fingerprint density at radius 3 is 2.23 bits per heavy atom. The molecule has 0 amide bonds. The number of allylic oxidation sites excluding steroid dienone is 2. The van der Waals surface area contributed by atoms with Crippen LogP contribution in [-0.4, -0.2) is 4.57 Å². The van der Waals surface area contributed by atoms with Gasteiger partial charge in [0.2, 0.25) is 0 Å². The van der Waals surface area contributed by atoms with Crippen LogP contribution in [0.1, 0.15) is 54.4 Å². The first kappa shape index (κ1) is 26.7. The second kappa shape index (κ2) is 9.73. The highest BCUT2D eigenvalue weighted by Crippen LogP contribution is 2.47. The van der Waals surface area contributed by atoms with Crippen molar-refractivity contribution in [3.05, 3.63) is 150 Å². The van der Waals surface area contributed by atoms with Crippen molar-refractivity contribution in [1.82, 2.24) is 4.57 Å². The summed E-state index contributed by atoms with van der Waals surface area (Å²) in [6.45, 7) is 4.67. The molecule has 0 bridgehead atoms. The summed E-state index contributed by atoms with van der Waals surface area (Å²) in [5, 5.41) is 4.84. The summed E-state index contributed by atoms with van der Waals surface area (Å²) < 4.78 is 15.3. The Morgan fingerprint density at radius 2 is 1.36 bits per heavy atom. The van der Waals surface area contributed by atoms with Gasteiger partial charge < -0.3 is 13.4 Å². The van der Waals surface area contributed by atoms with E-state index in [4.69, 9.17) is 8.83 Å². The zero-order valence-corrected chi connectivity index (χ0v) is 26.5. The fraction of sp³-hybridized carbons (Fsp3) is 0.136. The van der Waals surface area contributed by atoms with E-state index in [0.717, 1.165) is 46.3 Å². The van der Waals surface area contributed by atoms with Gasteiger partial charge in [-0.05, 0) is 84.2 Å². The molecule has 0 N–H and O–H groups in total. The summed E-state index contributed by atoms with van der Waals surface area (Å²) in [4.78, 5) is 0. The minimum atomic E-state index is -0.274. The lowest BCUT2D eigenvalue weighted by Crippen LogP contribution is -2.32. The van der Waals surface area contributed by atoms with Crippen LogP contribution in [0.5, 0.6) is 0 Å². The summed E-state index contributed by atoms with van der Waals surface area (Å²) >= 11 is 0. The first-order valence-corrected chi connectivity index (χ1v) is 16.6. The Hall–Kier alpha value is -5.54. The monoisotopic (exact) mass is 607 g/mol. The highest BCUT2D eigenvalue weighted by molar-refractivity contribution is 6.11. The predicted octanol–water partition coefficient (Wildman–Crippen LogP) is 12.0. The lowest BCUT2D eigenvalue weighted by Gasteiger charge is -2.33. The molecule has 8 aromatic rings. The lowest BCUT2D eigenvalue weighted by atomic mass is 9.80. The molecule has 10 rings (SSSR count). The number of hydrogen-bond donors (Lipinski definition) is 0. The molecule has 0 saturated heterocycles. The molecule has 5 aromatic carbocycles. The molecule has 3 nitrogen and oxygen atoms in total. The molecular weight excluding hydrogens is 574 g/mol. The van der Waals surface area contributed by atoms with Crippen molar-refractivity contribution in [2.75, 3.05) is 0 Å². The maximum atomic E-state index is 6.58. The van der Waals surface area contributed by atoms with Gasteiger partial charge in [0.25, 0.3) is 0 Å². The molecule has 0 spiro atoms. The Morgan fingerprint density at radius 1 is 0.660 bits per heavy atom. The van der Waals surface area contributed by atoms with Crippen molar-refractivity contribution in [1.29, 1.82) is 0 Å².